The third kappa shape index (κ3) is 6.20. The molecule has 2 aromatic carbocycles. The van der Waals surface area contributed by atoms with E-state index in [9.17, 15) is 31.2 Å². The number of sulfone groups is 1. The van der Waals surface area contributed by atoms with Crippen LogP contribution in [0.25, 0.3) is 0 Å². The first kappa shape index (κ1) is 29.0. The number of fused-ring (bicyclic) bond motifs is 1. The molecule has 0 saturated heterocycles. The minimum absolute atomic E-state index is 0.0347. The van der Waals surface area contributed by atoms with Crippen LogP contribution in [0.3, 0.4) is 0 Å². The smallest absolute Gasteiger partial charge is 0.334 e. The molecule has 1 atom stereocenters. The Morgan fingerprint density at radius 2 is 1.79 bits per heavy atom. The standard InChI is InChI=1S/C28H25F3N6O4S/c1-42(40,41)22-8-9-23-18(12-22)16-37(24(38)10-11-32)25(23)26(39)35-20-13-33-27(34-14-20)36(21-6-7-21)15-17-2-4-19(5-3-17)28(29,30)31/h2-5,8-9,12-14,21,25H,6-7,10,15-16H2,1H3,(H,35,39)/t25-/m1/s1. The summed E-state index contributed by atoms with van der Waals surface area (Å²) < 4.78 is 62.8. The lowest BCUT2D eigenvalue weighted by Crippen LogP contribution is -2.36. The van der Waals surface area contributed by atoms with Crippen molar-refractivity contribution in [2.45, 2.75) is 55.5 Å². The minimum Gasteiger partial charge on any atom is -0.334 e. The molecule has 0 radical (unpaired) electrons. The molecule has 2 amide bonds. The number of amides is 2. The summed E-state index contributed by atoms with van der Waals surface area (Å²) in [5.41, 5.74) is 1.11. The fourth-order valence-electron chi connectivity index (χ4n) is 4.83. The Labute approximate surface area is 239 Å². The lowest BCUT2D eigenvalue weighted by Gasteiger charge is -2.24. The molecule has 1 aliphatic heterocycles. The van der Waals surface area contributed by atoms with Crippen LogP contribution in [0, 0.1) is 11.3 Å². The Balaban J connectivity index is 1.33. The van der Waals surface area contributed by atoms with Gasteiger partial charge in [0.1, 0.15) is 12.5 Å². The molecule has 0 bridgehead atoms. The Bertz CT molecular complexity index is 1670. The molecule has 218 valence electrons. The van der Waals surface area contributed by atoms with E-state index in [1.165, 1.54) is 47.6 Å². The number of aromatic nitrogens is 2. The summed E-state index contributed by atoms with van der Waals surface area (Å²) >= 11 is 0. The van der Waals surface area contributed by atoms with Crippen molar-refractivity contribution in [1.82, 2.24) is 14.9 Å². The molecule has 42 heavy (non-hydrogen) atoms. The Hall–Kier alpha value is -4.51. The van der Waals surface area contributed by atoms with E-state index in [1.807, 2.05) is 4.90 Å². The maximum atomic E-state index is 13.4. The molecule has 1 aliphatic carbocycles. The number of carbonyl (C=O) groups excluding carboxylic acids is 2. The van der Waals surface area contributed by atoms with Crippen molar-refractivity contribution in [2.75, 3.05) is 16.5 Å². The second-order valence-corrected chi connectivity index (χ2v) is 12.2. The number of hydrogen-bond acceptors (Lipinski definition) is 8. The van der Waals surface area contributed by atoms with Crippen LogP contribution in [0.4, 0.5) is 24.8 Å². The van der Waals surface area contributed by atoms with Gasteiger partial charge in [0, 0.05) is 25.4 Å². The van der Waals surface area contributed by atoms with E-state index in [1.54, 1.807) is 6.07 Å². The number of nitriles is 1. The second-order valence-electron chi connectivity index (χ2n) is 10.2. The fraction of sp³-hybridized carbons (Fsp3) is 0.321. The predicted octanol–water partition coefficient (Wildman–Crippen LogP) is 4.00. The molecule has 3 aromatic rings. The molecular formula is C28H25F3N6O4S. The van der Waals surface area contributed by atoms with Crippen molar-refractivity contribution < 1.29 is 31.2 Å². The van der Waals surface area contributed by atoms with Gasteiger partial charge in [-0.15, -0.1) is 0 Å². The van der Waals surface area contributed by atoms with Crippen molar-refractivity contribution in [3.05, 3.63) is 77.1 Å². The van der Waals surface area contributed by atoms with Gasteiger partial charge in [-0.05, 0) is 53.8 Å². The number of halogens is 3. The van der Waals surface area contributed by atoms with Crippen LogP contribution < -0.4 is 10.2 Å². The average molecular weight is 599 g/mol. The number of nitrogens with one attached hydrogen (secondary N) is 1. The summed E-state index contributed by atoms with van der Waals surface area (Å²) in [5, 5.41) is 11.7. The van der Waals surface area contributed by atoms with Crippen molar-refractivity contribution >= 4 is 33.3 Å². The van der Waals surface area contributed by atoms with E-state index < -0.39 is 45.9 Å². The molecule has 1 N–H and O–H groups in total. The number of benzene rings is 2. The van der Waals surface area contributed by atoms with Gasteiger partial charge in [-0.1, -0.05) is 18.2 Å². The molecule has 10 nitrogen and oxygen atoms in total. The van der Waals surface area contributed by atoms with Gasteiger partial charge in [0.15, 0.2) is 9.84 Å². The highest BCUT2D eigenvalue weighted by atomic mass is 32.2. The topological polar surface area (TPSA) is 136 Å². The summed E-state index contributed by atoms with van der Waals surface area (Å²) in [5.74, 6) is -0.822. The molecule has 1 aromatic heterocycles. The fourth-order valence-corrected chi connectivity index (χ4v) is 5.50. The van der Waals surface area contributed by atoms with E-state index in [-0.39, 0.29) is 23.2 Å². The highest BCUT2D eigenvalue weighted by Gasteiger charge is 2.39. The number of alkyl halides is 3. The minimum atomic E-state index is -4.42. The lowest BCUT2D eigenvalue weighted by molar-refractivity contribution is -0.138. The molecule has 0 spiro atoms. The Morgan fingerprint density at radius 3 is 2.36 bits per heavy atom. The zero-order valence-electron chi connectivity index (χ0n) is 22.3. The zero-order chi connectivity index (χ0) is 30.2. The van der Waals surface area contributed by atoms with Crippen LogP contribution in [0.5, 0.6) is 0 Å². The molecule has 1 saturated carbocycles. The molecule has 2 aliphatic rings. The van der Waals surface area contributed by atoms with Gasteiger partial charge in [-0.2, -0.15) is 18.4 Å². The van der Waals surface area contributed by atoms with E-state index in [4.69, 9.17) is 5.26 Å². The van der Waals surface area contributed by atoms with Crippen LogP contribution in [-0.4, -0.2) is 47.4 Å². The Kier molecular flexibility index (Phi) is 7.63. The van der Waals surface area contributed by atoms with E-state index >= 15 is 0 Å². The van der Waals surface area contributed by atoms with Crippen molar-refractivity contribution in [3.63, 3.8) is 0 Å². The highest BCUT2D eigenvalue weighted by Crippen LogP contribution is 2.37. The predicted molar refractivity (Wildman–Crippen MR) is 144 cm³/mol. The van der Waals surface area contributed by atoms with Gasteiger partial charge in [0.2, 0.25) is 11.9 Å². The molecular weight excluding hydrogens is 573 g/mol. The third-order valence-electron chi connectivity index (χ3n) is 7.07. The molecule has 1 fully saturated rings. The van der Waals surface area contributed by atoms with Gasteiger partial charge in [-0.3, -0.25) is 9.59 Å². The summed E-state index contributed by atoms with van der Waals surface area (Å²) in [7, 11) is -3.52. The number of hydrogen-bond donors (Lipinski definition) is 1. The van der Waals surface area contributed by atoms with Crippen molar-refractivity contribution in [2.24, 2.45) is 0 Å². The molecule has 2 heterocycles. The average Bonchev–Trinajstić information content (AvgIpc) is 3.70. The van der Waals surface area contributed by atoms with Crippen molar-refractivity contribution in [3.8, 4) is 6.07 Å². The Morgan fingerprint density at radius 1 is 1.12 bits per heavy atom. The molecule has 14 heteroatoms. The van der Waals surface area contributed by atoms with Gasteiger partial charge in [-0.25, -0.2) is 18.4 Å². The maximum Gasteiger partial charge on any atom is 0.416 e. The summed E-state index contributed by atoms with van der Waals surface area (Å²) in [4.78, 5) is 38.0. The quantitative estimate of drug-likeness (QED) is 0.411. The first-order chi connectivity index (χ1) is 19.8. The van der Waals surface area contributed by atoms with E-state index in [0.29, 0.717) is 29.2 Å². The third-order valence-corrected chi connectivity index (χ3v) is 8.18. The number of rotatable bonds is 8. The molecule has 0 unspecified atom stereocenters. The highest BCUT2D eigenvalue weighted by molar-refractivity contribution is 7.90. The van der Waals surface area contributed by atoms with Gasteiger partial charge < -0.3 is 15.1 Å². The second kappa shape index (κ2) is 11.1. The maximum absolute atomic E-state index is 13.4. The van der Waals surface area contributed by atoms with Gasteiger partial charge in [0.25, 0.3) is 5.91 Å². The van der Waals surface area contributed by atoms with Crippen LogP contribution in [0.15, 0.2) is 59.8 Å². The normalized spacial score (nSPS) is 16.5. The van der Waals surface area contributed by atoms with Gasteiger partial charge >= 0.3 is 6.18 Å². The largest absolute Gasteiger partial charge is 0.416 e. The first-order valence-electron chi connectivity index (χ1n) is 12.9. The van der Waals surface area contributed by atoms with Crippen LogP contribution in [0.2, 0.25) is 0 Å². The van der Waals surface area contributed by atoms with Crippen molar-refractivity contribution in [1.29, 1.82) is 5.26 Å². The van der Waals surface area contributed by atoms with Crippen LogP contribution in [0.1, 0.15) is 47.6 Å². The van der Waals surface area contributed by atoms with Crippen LogP contribution in [-0.2, 0) is 38.7 Å². The van der Waals surface area contributed by atoms with E-state index in [2.05, 4.69) is 15.3 Å². The van der Waals surface area contributed by atoms with Crippen LogP contribution >= 0.6 is 0 Å². The summed E-state index contributed by atoms with van der Waals surface area (Å²) in [6.07, 6.45) is 0.749. The molecule has 5 rings (SSSR count). The number of anilines is 2. The zero-order valence-corrected chi connectivity index (χ0v) is 23.1. The number of nitrogens with zero attached hydrogens (tertiary/aromatic N) is 5. The SMILES string of the molecule is CS(=O)(=O)c1ccc2c(c1)CN(C(=O)CC#N)[C@H]2C(=O)Nc1cnc(N(Cc2ccc(C(F)(F)F)cc2)C2CC2)nc1. The van der Waals surface area contributed by atoms with Gasteiger partial charge in [0.05, 0.1) is 34.6 Å². The summed E-state index contributed by atoms with van der Waals surface area (Å²) in [6, 6.07) is 10.0. The van der Waals surface area contributed by atoms with E-state index in [0.717, 1.165) is 31.2 Å². The summed E-state index contributed by atoms with van der Waals surface area (Å²) in [6.45, 7) is 0.270. The lowest BCUT2D eigenvalue weighted by atomic mass is 10.0. The number of carbonyl (C=O) groups is 2. The monoisotopic (exact) mass is 598 g/mol. The first-order valence-corrected chi connectivity index (χ1v) is 14.8.